The molecule has 1 rings (SSSR count). The van der Waals surface area contributed by atoms with Gasteiger partial charge in [-0.05, 0) is 43.8 Å². The highest BCUT2D eigenvalue weighted by atomic mass is 32.1. The number of hydrogen-bond acceptors (Lipinski definition) is 2. The van der Waals surface area contributed by atoms with Crippen LogP contribution < -0.4 is 10.6 Å². The third-order valence-corrected chi connectivity index (χ3v) is 2.38. The molecule has 1 unspecified atom stereocenters. The van der Waals surface area contributed by atoms with Crippen LogP contribution in [0.15, 0.2) is 18.2 Å². The van der Waals surface area contributed by atoms with E-state index in [2.05, 4.69) is 10.6 Å². The first-order valence-electron chi connectivity index (χ1n) is 5.35. The highest BCUT2D eigenvalue weighted by Crippen LogP contribution is 2.15. The lowest BCUT2D eigenvalue weighted by atomic mass is 10.2. The third-order valence-electron chi connectivity index (χ3n) is 2.16. The third kappa shape index (κ3) is 4.66. The monoisotopic (exact) mass is 256 g/mol. The molecule has 0 saturated heterocycles. The Hall–Kier alpha value is -1.20. The molecule has 17 heavy (non-hydrogen) atoms. The van der Waals surface area contributed by atoms with Gasteiger partial charge in [0.1, 0.15) is 5.82 Å². The summed E-state index contributed by atoms with van der Waals surface area (Å²) in [5.74, 6) is -0.320. The van der Waals surface area contributed by atoms with Crippen molar-refractivity contribution in [2.24, 2.45) is 0 Å². The second-order valence-electron chi connectivity index (χ2n) is 3.94. The van der Waals surface area contributed by atoms with Gasteiger partial charge in [0.25, 0.3) is 0 Å². The Morgan fingerprint density at radius 1 is 1.53 bits per heavy atom. The van der Waals surface area contributed by atoms with Gasteiger partial charge in [-0.2, -0.15) is 0 Å². The fraction of sp³-hybridized carbons (Fsp3) is 0.417. The van der Waals surface area contributed by atoms with Crippen molar-refractivity contribution in [1.29, 1.82) is 0 Å². The maximum absolute atomic E-state index is 13.4. The highest BCUT2D eigenvalue weighted by Gasteiger charge is 2.06. The van der Waals surface area contributed by atoms with Crippen LogP contribution in [0.1, 0.15) is 12.5 Å². The minimum atomic E-state index is -0.320. The van der Waals surface area contributed by atoms with Crippen LogP contribution in [0.4, 0.5) is 10.1 Å². The van der Waals surface area contributed by atoms with Crippen molar-refractivity contribution in [2.45, 2.75) is 19.9 Å². The van der Waals surface area contributed by atoms with E-state index in [-0.39, 0.29) is 11.9 Å². The van der Waals surface area contributed by atoms with Crippen LogP contribution in [0, 0.1) is 12.7 Å². The molecule has 1 aromatic carbocycles. The van der Waals surface area contributed by atoms with Gasteiger partial charge in [-0.25, -0.2) is 4.39 Å². The topological polar surface area (TPSA) is 33.3 Å². The molecule has 0 fully saturated rings. The van der Waals surface area contributed by atoms with Crippen LogP contribution in [-0.4, -0.2) is 24.9 Å². The lowest BCUT2D eigenvalue weighted by Crippen LogP contribution is -2.38. The maximum Gasteiger partial charge on any atom is 0.171 e. The average Bonchev–Trinajstić information content (AvgIpc) is 2.23. The molecule has 0 radical (unpaired) electrons. The lowest BCUT2D eigenvalue weighted by molar-refractivity contribution is 0.179. The quantitative estimate of drug-likeness (QED) is 0.811. The van der Waals surface area contributed by atoms with Crippen molar-refractivity contribution >= 4 is 23.0 Å². The summed E-state index contributed by atoms with van der Waals surface area (Å²) >= 11 is 5.08. The fourth-order valence-corrected chi connectivity index (χ4v) is 1.72. The van der Waals surface area contributed by atoms with Crippen LogP contribution in [0.2, 0.25) is 0 Å². The number of methoxy groups -OCH3 is 1. The first kappa shape index (κ1) is 13.9. The maximum atomic E-state index is 13.4. The Bertz CT molecular complexity index is 398. The van der Waals surface area contributed by atoms with E-state index in [1.54, 1.807) is 19.2 Å². The SMILES string of the molecule is COCC(C)NC(=S)Nc1cc(C)ccc1F. The van der Waals surface area contributed by atoms with Gasteiger partial charge in [0, 0.05) is 13.2 Å². The fourth-order valence-electron chi connectivity index (χ4n) is 1.41. The summed E-state index contributed by atoms with van der Waals surface area (Å²) in [6.07, 6.45) is 0. The number of rotatable bonds is 4. The van der Waals surface area contributed by atoms with Gasteiger partial charge in [0.15, 0.2) is 5.11 Å². The van der Waals surface area contributed by atoms with E-state index in [0.717, 1.165) is 5.56 Å². The summed E-state index contributed by atoms with van der Waals surface area (Å²) in [6, 6.07) is 4.92. The standard InChI is InChI=1S/C12H17FN2OS/c1-8-4-5-10(13)11(6-8)15-12(17)14-9(2)7-16-3/h4-6,9H,7H2,1-3H3,(H2,14,15,17). The number of ether oxygens (including phenoxy) is 1. The summed E-state index contributed by atoms with van der Waals surface area (Å²) in [6.45, 7) is 4.37. The molecular formula is C12H17FN2OS. The molecule has 1 atom stereocenters. The Morgan fingerprint density at radius 3 is 2.88 bits per heavy atom. The van der Waals surface area contributed by atoms with Crippen LogP contribution >= 0.6 is 12.2 Å². The molecule has 2 N–H and O–H groups in total. The van der Waals surface area contributed by atoms with E-state index in [9.17, 15) is 4.39 Å². The number of benzene rings is 1. The Balaban J connectivity index is 2.58. The van der Waals surface area contributed by atoms with Crippen molar-refractivity contribution in [2.75, 3.05) is 19.0 Å². The number of thiocarbonyl (C=S) groups is 1. The Morgan fingerprint density at radius 2 is 2.24 bits per heavy atom. The van der Waals surface area contributed by atoms with E-state index in [4.69, 9.17) is 17.0 Å². The van der Waals surface area contributed by atoms with Gasteiger partial charge in [0.05, 0.1) is 12.3 Å². The van der Waals surface area contributed by atoms with Gasteiger partial charge in [-0.1, -0.05) is 6.07 Å². The van der Waals surface area contributed by atoms with Crippen LogP contribution in [0.25, 0.3) is 0 Å². The van der Waals surface area contributed by atoms with Gasteiger partial charge in [-0.3, -0.25) is 0 Å². The van der Waals surface area contributed by atoms with Crippen molar-refractivity contribution < 1.29 is 9.13 Å². The van der Waals surface area contributed by atoms with Gasteiger partial charge < -0.3 is 15.4 Å². The van der Waals surface area contributed by atoms with Crippen molar-refractivity contribution in [3.63, 3.8) is 0 Å². The number of halogens is 1. The summed E-state index contributed by atoms with van der Waals surface area (Å²) in [4.78, 5) is 0. The Kier molecular flexibility index (Phi) is 5.31. The second kappa shape index (κ2) is 6.51. The number of hydrogen-bond donors (Lipinski definition) is 2. The molecule has 1 aromatic rings. The van der Waals surface area contributed by atoms with E-state index in [0.29, 0.717) is 17.4 Å². The molecule has 5 heteroatoms. The summed E-state index contributed by atoms with van der Waals surface area (Å²) in [5.41, 5.74) is 1.36. The van der Waals surface area contributed by atoms with Gasteiger partial charge >= 0.3 is 0 Å². The predicted molar refractivity (Wildman–Crippen MR) is 71.8 cm³/mol. The van der Waals surface area contributed by atoms with Crippen LogP contribution in [-0.2, 0) is 4.74 Å². The first-order chi connectivity index (χ1) is 8.02. The first-order valence-corrected chi connectivity index (χ1v) is 5.76. The Labute approximate surface area is 106 Å². The molecule has 0 saturated carbocycles. The average molecular weight is 256 g/mol. The molecule has 94 valence electrons. The van der Waals surface area contributed by atoms with E-state index >= 15 is 0 Å². The second-order valence-corrected chi connectivity index (χ2v) is 4.35. The molecule has 0 bridgehead atoms. The smallest absolute Gasteiger partial charge is 0.171 e. The zero-order valence-electron chi connectivity index (χ0n) is 10.2. The minimum Gasteiger partial charge on any atom is -0.383 e. The largest absolute Gasteiger partial charge is 0.383 e. The number of nitrogens with one attached hydrogen (secondary N) is 2. The molecule has 0 heterocycles. The molecule has 0 spiro atoms. The van der Waals surface area contributed by atoms with Crippen LogP contribution in [0.5, 0.6) is 0 Å². The van der Waals surface area contributed by atoms with Crippen molar-refractivity contribution in [3.05, 3.63) is 29.6 Å². The lowest BCUT2D eigenvalue weighted by Gasteiger charge is -2.16. The zero-order valence-corrected chi connectivity index (χ0v) is 11.0. The van der Waals surface area contributed by atoms with Crippen LogP contribution in [0.3, 0.4) is 0 Å². The molecule has 0 amide bonds. The van der Waals surface area contributed by atoms with Gasteiger partial charge in [0.2, 0.25) is 0 Å². The molecule has 0 aliphatic rings. The summed E-state index contributed by atoms with van der Waals surface area (Å²) < 4.78 is 18.4. The van der Waals surface area contributed by atoms with Gasteiger partial charge in [-0.15, -0.1) is 0 Å². The molecular weight excluding hydrogens is 239 g/mol. The predicted octanol–water partition coefficient (Wildman–Crippen LogP) is 2.46. The minimum absolute atomic E-state index is 0.0767. The summed E-state index contributed by atoms with van der Waals surface area (Å²) in [5, 5.41) is 6.22. The molecule has 0 aromatic heterocycles. The molecule has 0 aliphatic carbocycles. The number of anilines is 1. The van der Waals surface area contributed by atoms with E-state index < -0.39 is 0 Å². The van der Waals surface area contributed by atoms with E-state index in [1.807, 2.05) is 13.8 Å². The zero-order chi connectivity index (χ0) is 12.8. The molecule has 3 nitrogen and oxygen atoms in total. The summed E-state index contributed by atoms with van der Waals surface area (Å²) in [7, 11) is 1.62. The van der Waals surface area contributed by atoms with Crippen molar-refractivity contribution in [3.8, 4) is 0 Å². The number of aryl methyl sites for hydroxylation is 1. The van der Waals surface area contributed by atoms with Crippen molar-refractivity contribution in [1.82, 2.24) is 5.32 Å². The highest BCUT2D eigenvalue weighted by molar-refractivity contribution is 7.80. The van der Waals surface area contributed by atoms with E-state index in [1.165, 1.54) is 6.07 Å². The normalized spacial score (nSPS) is 12.0. The molecule has 0 aliphatic heterocycles.